The van der Waals surface area contributed by atoms with Crippen molar-refractivity contribution >= 4 is 34.9 Å². The Hall–Kier alpha value is -3.07. The van der Waals surface area contributed by atoms with Crippen LogP contribution in [0, 0.1) is 17.3 Å². The number of esters is 1. The topological polar surface area (TPSA) is 76.6 Å². The van der Waals surface area contributed by atoms with Crippen LogP contribution < -0.4 is 4.90 Å². The fraction of sp³-hybridized carbons (Fsp3) is 0.590. The number of piperidine rings is 2. The van der Waals surface area contributed by atoms with Gasteiger partial charge in [0.2, 0.25) is 0 Å². The van der Waals surface area contributed by atoms with Gasteiger partial charge in [0.25, 0.3) is 0 Å². The van der Waals surface area contributed by atoms with Crippen LogP contribution in [0.3, 0.4) is 0 Å². The molecule has 0 spiro atoms. The van der Waals surface area contributed by atoms with Gasteiger partial charge in [-0.1, -0.05) is 36.2 Å². The second-order valence-electron chi connectivity index (χ2n) is 14.8. The quantitative estimate of drug-likeness (QED) is 0.278. The number of halogens is 1. The lowest BCUT2D eigenvalue weighted by Crippen LogP contribution is -2.48. The van der Waals surface area contributed by atoms with Crippen molar-refractivity contribution in [3.63, 3.8) is 0 Å². The van der Waals surface area contributed by atoms with Gasteiger partial charge in [-0.15, -0.1) is 0 Å². The number of piperazine rings is 1. The molecule has 0 bridgehead atoms. The number of allylic oxidation sites excluding steroid dienone is 1. The van der Waals surface area contributed by atoms with Crippen molar-refractivity contribution in [1.29, 1.82) is 0 Å². The van der Waals surface area contributed by atoms with E-state index in [1.54, 1.807) is 10.5 Å². The van der Waals surface area contributed by atoms with E-state index < -0.39 is 6.09 Å². The number of benzene rings is 2. The lowest BCUT2D eigenvalue weighted by Gasteiger charge is -2.45. The van der Waals surface area contributed by atoms with Gasteiger partial charge in [0.15, 0.2) is 0 Å². The molecule has 2 aromatic rings. The summed E-state index contributed by atoms with van der Waals surface area (Å²) >= 11 is 6.29. The second kappa shape index (κ2) is 15.6. The van der Waals surface area contributed by atoms with Crippen molar-refractivity contribution in [3.05, 3.63) is 70.3 Å². The third-order valence-corrected chi connectivity index (χ3v) is 11.7. The molecule has 2 aromatic carbocycles. The molecule has 0 saturated carbocycles. The summed E-state index contributed by atoms with van der Waals surface area (Å²) in [5.41, 5.74) is 6.40. The summed E-state index contributed by atoms with van der Waals surface area (Å²) < 4.78 is 5.15. The van der Waals surface area contributed by atoms with E-state index in [4.69, 9.17) is 16.3 Å². The number of rotatable bonds is 9. The number of carboxylic acid groups (broad SMARTS) is 1. The summed E-state index contributed by atoms with van der Waals surface area (Å²) in [4.78, 5) is 32.8. The van der Waals surface area contributed by atoms with Crippen molar-refractivity contribution in [2.24, 2.45) is 17.3 Å². The average Bonchev–Trinajstić information content (AvgIpc) is 3.10. The molecular weight excluding hydrogens is 624 g/mol. The van der Waals surface area contributed by atoms with Crippen LogP contribution in [-0.4, -0.2) is 104 Å². The molecule has 9 heteroatoms. The van der Waals surface area contributed by atoms with Crippen LogP contribution in [0.5, 0.6) is 0 Å². The number of ether oxygens (including phenoxy) is 1. The van der Waals surface area contributed by atoms with Gasteiger partial charge in [0.1, 0.15) is 0 Å². The van der Waals surface area contributed by atoms with Crippen molar-refractivity contribution in [2.45, 2.75) is 58.8 Å². The summed E-state index contributed by atoms with van der Waals surface area (Å²) in [6.07, 6.45) is 7.16. The van der Waals surface area contributed by atoms with Gasteiger partial charge >= 0.3 is 12.1 Å². The SMILES string of the molecule is CCOC(=O)c1ccc(N2CCN(CC3=C(c4ccc(Cl)cc4)CC[C@@](C)(CN4CCC(C5CCN(C(=O)O)CC5)CC4)C3)CC2)cc1. The van der Waals surface area contributed by atoms with E-state index in [2.05, 4.69) is 33.8 Å². The van der Waals surface area contributed by atoms with E-state index >= 15 is 0 Å². The van der Waals surface area contributed by atoms with E-state index in [1.165, 1.54) is 30.4 Å². The molecule has 48 heavy (non-hydrogen) atoms. The zero-order valence-electron chi connectivity index (χ0n) is 28.8. The normalized spacial score (nSPS) is 23.8. The highest BCUT2D eigenvalue weighted by molar-refractivity contribution is 6.30. The Bertz CT molecular complexity index is 1420. The van der Waals surface area contributed by atoms with E-state index in [1.807, 2.05) is 43.3 Å². The number of hydrogen-bond acceptors (Lipinski definition) is 6. The maximum atomic E-state index is 12.1. The molecule has 6 rings (SSSR count). The Morgan fingerprint density at radius 3 is 2.08 bits per heavy atom. The monoisotopic (exact) mass is 676 g/mol. The van der Waals surface area contributed by atoms with Gasteiger partial charge < -0.3 is 24.5 Å². The van der Waals surface area contributed by atoms with Gasteiger partial charge in [-0.2, -0.15) is 0 Å². The zero-order valence-corrected chi connectivity index (χ0v) is 29.6. The van der Waals surface area contributed by atoms with Crippen LogP contribution in [-0.2, 0) is 4.74 Å². The summed E-state index contributed by atoms with van der Waals surface area (Å²) in [5, 5.41) is 10.1. The molecule has 3 aliphatic heterocycles. The van der Waals surface area contributed by atoms with Gasteiger partial charge in [0, 0.05) is 63.1 Å². The van der Waals surface area contributed by atoms with Crippen LogP contribution in [0.4, 0.5) is 10.5 Å². The molecule has 3 saturated heterocycles. The summed E-state index contributed by atoms with van der Waals surface area (Å²) in [5.74, 6) is 1.14. The minimum atomic E-state index is -0.766. The molecule has 1 atom stereocenters. The molecular formula is C39H53ClN4O4. The maximum absolute atomic E-state index is 12.1. The first kappa shape index (κ1) is 34.8. The molecule has 0 radical (unpaired) electrons. The smallest absolute Gasteiger partial charge is 0.407 e. The van der Waals surface area contributed by atoms with Crippen molar-refractivity contribution in [3.8, 4) is 0 Å². The standard InChI is InChI=1S/C39H53ClN4O4/c1-3-48-37(45)32-6-10-35(11-7-32)43-24-22-41(23-25-43)27-33-26-39(2,17-12-36(33)31-4-8-34(40)9-5-31)28-42-18-13-29(14-19-42)30-15-20-44(21-16-30)38(46)47/h4-11,29-30H,3,12-28H2,1-2H3,(H,46,47)/t39-/m1/s1. The number of nitrogens with zero attached hydrogens (tertiary/aromatic N) is 4. The van der Waals surface area contributed by atoms with Crippen LogP contribution in [0.1, 0.15) is 74.7 Å². The average molecular weight is 677 g/mol. The van der Waals surface area contributed by atoms with E-state index in [9.17, 15) is 14.7 Å². The molecule has 1 amide bonds. The predicted octanol–water partition coefficient (Wildman–Crippen LogP) is 7.38. The molecule has 0 aromatic heterocycles. The number of hydrogen-bond donors (Lipinski definition) is 1. The molecule has 3 heterocycles. The lowest BCUT2D eigenvalue weighted by atomic mass is 9.70. The van der Waals surface area contributed by atoms with Gasteiger partial charge in [0.05, 0.1) is 12.2 Å². The first-order valence-electron chi connectivity index (χ1n) is 18.1. The fourth-order valence-electron chi connectivity index (χ4n) is 8.74. The first-order chi connectivity index (χ1) is 23.2. The highest BCUT2D eigenvalue weighted by Gasteiger charge is 2.37. The maximum Gasteiger partial charge on any atom is 0.407 e. The minimum Gasteiger partial charge on any atom is -0.465 e. The minimum absolute atomic E-state index is 0.243. The Morgan fingerprint density at radius 2 is 1.48 bits per heavy atom. The van der Waals surface area contributed by atoms with E-state index in [-0.39, 0.29) is 11.4 Å². The summed E-state index contributed by atoms with van der Waals surface area (Å²) in [6, 6.07) is 16.3. The number of likely N-dealkylation sites (tertiary alicyclic amines) is 2. The zero-order chi connectivity index (χ0) is 33.7. The van der Waals surface area contributed by atoms with Gasteiger partial charge in [-0.3, -0.25) is 4.90 Å². The molecule has 260 valence electrons. The largest absolute Gasteiger partial charge is 0.465 e. The van der Waals surface area contributed by atoms with Gasteiger partial charge in [-0.25, -0.2) is 9.59 Å². The lowest BCUT2D eigenvalue weighted by molar-refractivity contribution is 0.0526. The second-order valence-corrected chi connectivity index (χ2v) is 15.3. The highest BCUT2D eigenvalue weighted by atomic mass is 35.5. The third kappa shape index (κ3) is 8.55. The molecule has 4 aliphatic rings. The highest BCUT2D eigenvalue weighted by Crippen LogP contribution is 2.44. The van der Waals surface area contributed by atoms with Gasteiger partial charge in [-0.05, 0) is 130 Å². The predicted molar refractivity (Wildman–Crippen MR) is 193 cm³/mol. The summed E-state index contributed by atoms with van der Waals surface area (Å²) in [7, 11) is 0. The molecule has 3 fully saturated rings. The fourth-order valence-corrected chi connectivity index (χ4v) is 8.87. The third-order valence-electron chi connectivity index (χ3n) is 11.5. The Balaban J connectivity index is 1.06. The number of carbonyl (C=O) groups excluding carboxylic acids is 1. The van der Waals surface area contributed by atoms with E-state index in [0.717, 1.165) is 94.7 Å². The molecule has 0 unspecified atom stereocenters. The first-order valence-corrected chi connectivity index (χ1v) is 18.5. The van der Waals surface area contributed by atoms with Crippen molar-refractivity contribution < 1.29 is 19.4 Å². The molecule has 8 nitrogen and oxygen atoms in total. The summed E-state index contributed by atoms with van der Waals surface area (Å²) in [6.45, 7) is 14.5. The number of amides is 1. The van der Waals surface area contributed by atoms with Crippen LogP contribution in [0.15, 0.2) is 54.1 Å². The number of anilines is 1. The Labute approximate surface area is 291 Å². The Kier molecular flexibility index (Phi) is 11.3. The van der Waals surface area contributed by atoms with Crippen LogP contribution in [0.2, 0.25) is 5.02 Å². The van der Waals surface area contributed by atoms with Crippen molar-refractivity contribution in [1.82, 2.24) is 14.7 Å². The molecule has 1 aliphatic carbocycles. The van der Waals surface area contributed by atoms with Crippen molar-refractivity contribution in [2.75, 3.05) is 77.0 Å². The number of carbonyl (C=O) groups is 2. The Morgan fingerprint density at radius 1 is 0.854 bits per heavy atom. The van der Waals surface area contributed by atoms with E-state index in [0.29, 0.717) is 31.2 Å². The van der Waals surface area contributed by atoms with Crippen LogP contribution >= 0.6 is 11.6 Å². The molecule has 1 N–H and O–H groups in total. The van der Waals surface area contributed by atoms with Crippen LogP contribution in [0.25, 0.3) is 5.57 Å².